The first-order valence-corrected chi connectivity index (χ1v) is 6.78. The molecular formula is C16H18ClNO2. The third kappa shape index (κ3) is 3.12. The van der Waals surface area contributed by atoms with E-state index >= 15 is 0 Å². The highest BCUT2D eigenvalue weighted by atomic mass is 35.5. The summed E-state index contributed by atoms with van der Waals surface area (Å²) in [7, 11) is 1.61. The van der Waals surface area contributed by atoms with Crippen LogP contribution in [0.1, 0.15) is 5.56 Å². The van der Waals surface area contributed by atoms with Crippen LogP contribution in [0.3, 0.4) is 0 Å². The minimum absolute atomic E-state index is 0.101. The molecule has 1 atom stereocenters. The maximum Gasteiger partial charge on any atom is 0.109 e. The molecule has 0 spiro atoms. The van der Waals surface area contributed by atoms with Crippen molar-refractivity contribution in [2.75, 3.05) is 25.6 Å². The second-order valence-electron chi connectivity index (χ2n) is 4.64. The zero-order chi connectivity index (χ0) is 14.4. The van der Waals surface area contributed by atoms with Gasteiger partial charge in [-0.1, -0.05) is 54.1 Å². The van der Waals surface area contributed by atoms with E-state index in [1.54, 1.807) is 7.11 Å². The van der Waals surface area contributed by atoms with Crippen molar-refractivity contribution >= 4 is 17.3 Å². The number of hydrogen-bond acceptors (Lipinski definition) is 3. The Morgan fingerprint density at radius 1 is 1.10 bits per heavy atom. The zero-order valence-electron chi connectivity index (χ0n) is 11.3. The van der Waals surface area contributed by atoms with Crippen LogP contribution in [0.2, 0.25) is 5.02 Å². The fraction of sp³-hybridized carbons (Fsp3) is 0.250. The predicted octanol–water partition coefficient (Wildman–Crippen LogP) is 3.29. The van der Waals surface area contributed by atoms with Gasteiger partial charge in [-0.05, 0) is 17.7 Å². The van der Waals surface area contributed by atoms with Gasteiger partial charge in [-0.2, -0.15) is 0 Å². The predicted molar refractivity (Wildman–Crippen MR) is 82.2 cm³/mol. The first kappa shape index (κ1) is 14.9. The highest BCUT2D eigenvalue weighted by Gasteiger charge is 2.32. The first-order chi connectivity index (χ1) is 9.72. The molecule has 0 heterocycles. The number of aliphatic hydroxyl groups excluding tert-OH is 1. The van der Waals surface area contributed by atoms with Gasteiger partial charge in [0.2, 0.25) is 0 Å². The normalized spacial score (nSPS) is 13.8. The van der Waals surface area contributed by atoms with E-state index in [9.17, 15) is 5.11 Å². The van der Waals surface area contributed by atoms with Gasteiger partial charge in [0.25, 0.3) is 0 Å². The van der Waals surface area contributed by atoms with E-state index < -0.39 is 5.54 Å². The number of ether oxygens (including phenoxy) is 1. The molecular weight excluding hydrogens is 274 g/mol. The Balaban J connectivity index is 2.40. The molecule has 0 aliphatic carbocycles. The van der Waals surface area contributed by atoms with E-state index in [0.717, 1.165) is 11.3 Å². The van der Waals surface area contributed by atoms with Crippen LogP contribution < -0.4 is 5.32 Å². The summed E-state index contributed by atoms with van der Waals surface area (Å²) in [5, 5.41) is 13.9. The minimum atomic E-state index is -0.721. The molecule has 2 aromatic carbocycles. The van der Waals surface area contributed by atoms with Crippen molar-refractivity contribution < 1.29 is 9.84 Å². The number of para-hydroxylation sites is 1. The summed E-state index contributed by atoms with van der Waals surface area (Å²) in [4.78, 5) is 0. The molecule has 0 aliphatic rings. The lowest BCUT2D eigenvalue weighted by atomic mass is 9.91. The molecule has 0 aliphatic heterocycles. The molecule has 2 N–H and O–H groups in total. The first-order valence-electron chi connectivity index (χ1n) is 6.40. The lowest BCUT2D eigenvalue weighted by molar-refractivity contribution is 0.0978. The van der Waals surface area contributed by atoms with Crippen LogP contribution in [0.25, 0.3) is 0 Å². The van der Waals surface area contributed by atoms with E-state index in [4.69, 9.17) is 16.3 Å². The Kier molecular flexibility index (Phi) is 5.01. The van der Waals surface area contributed by atoms with Crippen LogP contribution >= 0.6 is 11.6 Å². The van der Waals surface area contributed by atoms with E-state index in [1.165, 1.54) is 0 Å². The summed E-state index contributed by atoms with van der Waals surface area (Å²) in [5.74, 6) is 0. The number of hydrogen-bond donors (Lipinski definition) is 2. The molecule has 0 fully saturated rings. The van der Waals surface area contributed by atoms with Crippen LogP contribution in [0.5, 0.6) is 0 Å². The number of nitrogens with one attached hydrogen (secondary N) is 1. The van der Waals surface area contributed by atoms with Crippen LogP contribution in [-0.2, 0) is 10.3 Å². The quantitative estimate of drug-likeness (QED) is 0.858. The molecule has 0 bridgehead atoms. The van der Waals surface area contributed by atoms with Gasteiger partial charge in [-0.3, -0.25) is 0 Å². The van der Waals surface area contributed by atoms with E-state index in [2.05, 4.69) is 5.32 Å². The molecule has 0 saturated carbocycles. The monoisotopic (exact) mass is 291 g/mol. The van der Waals surface area contributed by atoms with Gasteiger partial charge in [-0.25, -0.2) is 0 Å². The molecule has 0 saturated heterocycles. The van der Waals surface area contributed by atoms with Gasteiger partial charge < -0.3 is 15.2 Å². The highest BCUT2D eigenvalue weighted by Crippen LogP contribution is 2.30. The topological polar surface area (TPSA) is 41.5 Å². The third-order valence-electron chi connectivity index (χ3n) is 3.23. The number of aliphatic hydroxyl groups is 1. The second kappa shape index (κ2) is 6.75. The molecule has 2 rings (SSSR count). The summed E-state index contributed by atoms with van der Waals surface area (Å²) in [6.07, 6.45) is 0. The zero-order valence-corrected chi connectivity index (χ0v) is 12.1. The van der Waals surface area contributed by atoms with Crippen molar-refractivity contribution in [2.45, 2.75) is 5.54 Å². The summed E-state index contributed by atoms with van der Waals surface area (Å²) < 4.78 is 5.30. The fourth-order valence-corrected chi connectivity index (χ4v) is 2.37. The Labute approximate surface area is 124 Å². The van der Waals surface area contributed by atoms with Gasteiger partial charge in [-0.15, -0.1) is 0 Å². The van der Waals surface area contributed by atoms with Gasteiger partial charge in [0.05, 0.1) is 23.9 Å². The number of benzene rings is 2. The second-order valence-corrected chi connectivity index (χ2v) is 5.05. The van der Waals surface area contributed by atoms with Gasteiger partial charge >= 0.3 is 0 Å². The summed E-state index contributed by atoms with van der Waals surface area (Å²) in [6.45, 7) is 0.231. The maximum atomic E-state index is 9.93. The van der Waals surface area contributed by atoms with Crippen LogP contribution in [0.4, 0.5) is 5.69 Å². The van der Waals surface area contributed by atoms with E-state index in [-0.39, 0.29) is 6.61 Å². The lowest BCUT2D eigenvalue weighted by Gasteiger charge is -2.34. The van der Waals surface area contributed by atoms with Crippen LogP contribution in [0, 0.1) is 0 Å². The van der Waals surface area contributed by atoms with Crippen molar-refractivity contribution in [2.24, 2.45) is 0 Å². The Morgan fingerprint density at radius 2 is 1.75 bits per heavy atom. The Hall–Kier alpha value is -1.55. The average Bonchev–Trinajstić information content (AvgIpc) is 2.50. The van der Waals surface area contributed by atoms with Crippen LogP contribution in [-0.4, -0.2) is 25.4 Å². The summed E-state index contributed by atoms with van der Waals surface area (Å²) in [5.41, 5.74) is 0.995. The number of rotatable bonds is 6. The SMILES string of the molecule is COCC(CO)(Nc1ccccc1Cl)c1ccccc1. The fourth-order valence-electron chi connectivity index (χ4n) is 2.19. The molecule has 106 valence electrons. The molecule has 1 unspecified atom stereocenters. The summed E-state index contributed by atoms with van der Waals surface area (Å²) >= 11 is 6.19. The third-order valence-corrected chi connectivity index (χ3v) is 3.56. The molecule has 2 aromatic rings. The molecule has 0 amide bonds. The number of anilines is 1. The molecule has 20 heavy (non-hydrogen) atoms. The van der Waals surface area contributed by atoms with Crippen molar-refractivity contribution in [1.82, 2.24) is 0 Å². The minimum Gasteiger partial charge on any atom is -0.393 e. The smallest absolute Gasteiger partial charge is 0.109 e. The van der Waals surface area contributed by atoms with Crippen molar-refractivity contribution in [3.8, 4) is 0 Å². The van der Waals surface area contributed by atoms with Gasteiger partial charge in [0.1, 0.15) is 5.54 Å². The maximum absolute atomic E-state index is 9.93. The largest absolute Gasteiger partial charge is 0.393 e. The van der Waals surface area contributed by atoms with Crippen LogP contribution in [0.15, 0.2) is 54.6 Å². The molecule has 0 aromatic heterocycles. The standard InChI is InChI=1S/C16H18ClNO2/c1-20-12-16(11-19,13-7-3-2-4-8-13)18-15-10-6-5-9-14(15)17/h2-10,18-19H,11-12H2,1H3. The Morgan fingerprint density at radius 3 is 2.35 bits per heavy atom. The van der Waals surface area contributed by atoms with Gasteiger partial charge in [0.15, 0.2) is 0 Å². The van der Waals surface area contributed by atoms with Gasteiger partial charge in [0, 0.05) is 7.11 Å². The highest BCUT2D eigenvalue weighted by molar-refractivity contribution is 6.33. The number of methoxy groups -OCH3 is 1. The molecule has 3 nitrogen and oxygen atoms in total. The molecule has 4 heteroatoms. The Bertz CT molecular complexity index is 547. The number of halogens is 1. The average molecular weight is 292 g/mol. The van der Waals surface area contributed by atoms with E-state index in [0.29, 0.717) is 11.6 Å². The van der Waals surface area contributed by atoms with Crippen molar-refractivity contribution in [3.63, 3.8) is 0 Å². The van der Waals surface area contributed by atoms with Crippen molar-refractivity contribution in [3.05, 3.63) is 65.2 Å². The van der Waals surface area contributed by atoms with Crippen molar-refractivity contribution in [1.29, 1.82) is 0 Å². The molecule has 0 radical (unpaired) electrons. The lowest BCUT2D eigenvalue weighted by Crippen LogP contribution is -2.43. The van der Waals surface area contributed by atoms with E-state index in [1.807, 2.05) is 54.6 Å². The summed E-state index contributed by atoms with van der Waals surface area (Å²) in [6, 6.07) is 17.2.